The maximum atomic E-state index is 3.62. The van der Waals surface area contributed by atoms with Gasteiger partial charge >= 0.3 is 0 Å². The molecule has 0 radical (unpaired) electrons. The van der Waals surface area contributed by atoms with E-state index in [-0.39, 0.29) is 0 Å². The van der Waals surface area contributed by atoms with Crippen molar-refractivity contribution in [2.75, 3.05) is 6.54 Å². The number of halogens is 1. The smallest absolute Gasteiger partial charge is 0.0320 e. The molecule has 120 valence electrons. The highest BCUT2D eigenvalue weighted by Gasteiger charge is 2.09. The van der Waals surface area contributed by atoms with Gasteiger partial charge in [0.2, 0.25) is 0 Å². The molecule has 0 aliphatic rings. The number of rotatable bonds is 12. The molecule has 0 aliphatic heterocycles. The van der Waals surface area contributed by atoms with Crippen molar-refractivity contribution in [2.45, 2.75) is 77.7 Å². The molecule has 0 aromatic heterocycles. The molecule has 0 saturated heterocycles. The van der Waals surface area contributed by atoms with Crippen molar-refractivity contribution in [1.29, 1.82) is 0 Å². The third-order valence-electron chi connectivity index (χ3n) is 4.05. The minimum atomic E-state index is 0.507. The number of unbranched alkanes of at least 4 members (excludes halogenated alkanes) is 7. The third kappa shape index (κ3) is 8.63. The molecule has 0 spiro atoms. The van der Waals surface area contributed by atoms with Gasteiger partial charge < -0.3 is 5.32 Å². The first-order valence-electron chi connectivity index (χ1n) is 8.76. The summed E-state index contributed by atoms with van der Waals surface area (Å²) in [6, 6.07) is 9.23. The van der Waals surface area contributed by atoms with Crippen molar-refractivity contribution in [3.63, 3.8) is 0 Å². The second kappa shape index (κ2) is 12.2. The molecule has 21 heavy (non-hydrogen) atoms. The van der Waals surface area contributed by atoms with Gasteiger partial charge in [0, 0.05) is 10.5 Å². The van der Waals surface area contributed by atoms with Crippen molar-refractivity contribution >= 4 is 15.9 Å². The van der Waals surface area contributed by atoms with Gasteiger partial charge in [0.1, 0.15) is 0 Å². The molecule has 1 aromatic carbocycles. The topological polar surface area (TPSA) is 12.0 Å². The molecule has 1 rings (SSSR count). The molecular formula is C19H32BrN. The zero-order valence-electron chi connectivity index (χ0n) is 13.8. The third-order valence-corrected chi connectivity index (χ3v) is 4.54. The Morgan fingerprint density at radius 2 is 1.62 bits per heavy atom. The van der Waals surface area contributed by atoms with Gasteiger partial charge in [0.25, 0.3) is 0 Å². The van der Waals surface area contributed by atoms with Crippen LogP contribution in [0, 0.1) is 0 Å². The van der Waals surface area contributed by atoms with E-state index in [2.05, 4.69) is 59.4 Å². The first kappa shape index (κ1) is 18.7. The van der Waals surface area contributed by atoms with Crippen LogP contribution >= 0.6 is 15.9 Å². The Labute approximate surface area is 140 Å². The van der Waals surface area contributed by atoms with Crippen LogP contribution in [0.2, 0.25) is 0 Å². The van der Waals surface area contributed by atoms with E-state index in [0.717, 1.165) is 6.54 Å². The van der Waals surface area contributed by atoms with Crippen molar-refractivity contribution in [1.82, 2.24) is 5.32 Å². The standard InChI is InChI=1S/C19H32BrN/c1-3-5-6-7-8-9-10-11-15-19(21-4-2)17-13-12-14-18(20)16-17/h12-14,16,19,21H,3-11,15H2,1-2H3. The van der Waals surface area contributed by atoms with Crippen LogP contribution in [-0.4, -0.2) is 6.54 Å². The van der Waals surface area contributed by atoms with E-state index >= 15 is 0 Å². The highest BCUT2D eigenvalue weighted by Crippen LogP contribution is 2.23. The molecule has 0 amide bonds. The summed E-state index contributed by atoms with van der Waals surface area (Å²) < 4.78 is 1.18. The summed E-state index contributed by atoms with van der Waals surface area (Å²) in [6.45, 7) is 5.51. The Morgan fingerprint density at radius 3 is 2.24 bits per heavy atom. The van der Waals surface area contributed by atoms with Gasteiger partial charge in [-0.05, 0) is 30.7 Å². The monoisotopic (exact) mass is 353 g/mol. The lowest BCUT2D eigenvalue weighted by molar-refractivity contribution is 0.475. The molecule has 1 nitrogen and oxygen atoms in total. The molecule has 0 heterocycles. The van der Waals surface area contributed by atoms with E-state index in [1.165, 1.54) is 67.8 Å². The quantitative estimate of drug-likeness (QED) is 0.415. The second-order valence-corrected chi connectivity index (χ2v) is 6.84. The predicted molar refractivity (Wildman–Crippen MR) is 97.8 cm³/mol. The number of benzene rings is 1. The number of nitrogens with one attached hydrogen (secondary N) is 1. The van der Waals surface area contributed by atoms with E-state index in [4.69, 9.17) is 0 Å². The van der Waals surface area contributed by atoms with Crippen LogP contribution in [0.5, 0.6) is 0 Å². The summed E-state index contributed by atoms with van der Waals surface area (Å²) in [5.41, 5.74) is 1.41. The minimum Gasteiger partial charge on any atom is -0.310 e. The molecule has 0 fully saturated rings. The molecule has 1 aromatic rings. The van der Waals surface area contributed by atoms with Gasteiger partial charge in [0.05, 0.1) is 0 Å². The number of hydrogen-bond acceptors (Lipinski definition) is 1. The van der Waals surface area contributed by atoms with Gasteiger partial charge in [-0.3, -0.25) is 0 Å². The van der Waals surface area contributed by atoms with Gasteiger partial charge in [-0.15, -0.1) is 0 Å². The average molecular weight is 354 g/mol. The zero-order chi connectivity index (χ0) is 15.3. The summed E-state index contributed by atoms with van der Waals surface area (Å²) >= 11 is 3.58. The Hall–Kier alpha value is -0.340. The summed E-state index contributed by atoms with van der Waals surface area (Å²) in [7, 11) is 0. The Bertz CT molecular complexity index is 364. The minimum absolute atomic E-state index is 0.507. The van der Waals surface area contributed by atoms with E-state index in [1.807, 2.05) is 0 Å². The summed E-state index contributed by atoms with van der Waals surface area (Å²) in [5.74, 6) is 0. The fourth-order valence-corrected chi connectivity index (χ4v) is 3.26. The van der Waals surface area contributed by atoms with E-state index < -0.39 is 0 Å². The van der Waals surface area contributed by atoms with Crippen molar-refractivity contribution in [2.24, 2.45) is 0 Å². The molecule has 0 saturated carbocycles. The molecule has 1 unspecified atom stereocenters. The lowest BCUT2D eigenvalue weighted by atomic mass is 9.99. The van der Waals surface area contributed by atoms with E-state index in [0.29, 0.717) is 6.04 Å². The van der Waals surface area contributed by atoms with Crippen molar-refractivity contribution < 1.29 is 0 Å². The Balaban J connectivity index is 2.23. The molecule has 0 bridgehead atoms. The summed E-state index contributed by atoms with van der Waals surface area (Å²) in [5, 5.41) is 3.62. The normalized spacial score (nSPS) is 12.5. The maximum absolute atomic E-state index is 3.62. The molecule has 1 N–H and O–H groups in total. The van der Waals surface area contributed by atoms with Crippen LogP contribution < -0.4 is 5.32 Å². The van der Waals surface area contributed by atoms with Crippen LogP contribution in [0.1, 0.15) is 83.2 Å². The summed E-state index contributed by atoms with van der Waals surface area (Å²) in [6.07, 6.45) is 12.4. The SMILES string of the molecule is CCCCCCCCCCC(NCC)c1cccc(Br)c1. The second-order valence-electron chi connectivity index (χ2n) is 5.93. The first-order chi connectivity index (χ1) is 10.3. The van der Waals surface area contributed by atoms with Crippen LogP contribution in [0.15, 0.2) is 28.7 Å². The van der Waals surface area contributed by atoms with Crippen LogP contribution in [0.4, 0.5) is 0 Å². The first-order valence-corrected chi connectivity index (χ1v) is 9.56. The predicted octanol–water partition coefficient (Wildman–Crippen LogP) is 6.63. The fourth-order valence-electron chi connectivity index (χ4n) is 2.84. The highest BCUT2D eigenvalue weighted by atomic mass is 79.9. The summed E-state index contributed by atoms with van der Waals surface area (Å²) in [4.78, 5) is 0. The molecule has 2 heteroatoms. The van der Waals surface area contributed by atoms with Crippen molar-refractivity contribution in [3.8, 4) is 0 Å². The molecule has 1 atom stereocenters. The van der Waals surface area contributed by atoms with Crippen LogP contribution in [-0.2, 0) is 0 Å². The van der Waals surface area contributed by atoms with Crippen LogP contribution in [0.3, 0.4) is 0 Å². The average Bonchev–Trinajstić information content (AvgIpc) is 2.49. The molecular weight excluding hydrogens is 322 g/mol. The van der Waals surface area contributed by atoms with Crippen molar-refractivity contribution in [3.05, 3.63) is 34.3 Å². The van der Waals surface area contributed by atoms with Crippen LogP contribution in [0.25, 0.3) is 0 Å². The lowest BCUT2D eigenvalue weighted by Gasteiger charge is -2.18. The lowest BCUT2D eigenvalue weighted by Crippen LogP contribution is -2.20. The number of hydrogen-bond donors (Lipinski definition) is 1. The largest absolute Gasteiger partial charge is 0.310 e. The van der Waals surface area contributed by atoms with E-state index in [9.17, 15) is 0 Å². The zero-order valence-corrected chi connectivity index (χ0v) is 15.4. The van der Waals surface area contributed by atoms with Gasteiger partial charge in [0.15, 0.2) is 0 Å². The maximum Gasteiger partial charge on any atom is 0.0320 e. The highest BCUT2D eigenvalue weighted by molar-refractivity contribution is 9.10. The van der Waals surface area contributed by atoms with Gasteiger partial charge in [-0.2, -0.15) is 0 Å². The van der Waals surface area contributed by atoms with E-state index in [1.54, 1.807) is 0 Å². The Morgan fingerprint density at radius 1 is 0.952 bits per heavy atom. The van der Waals surface area contributed by atoms with Gasteiger partial charge in [-0.1, -0.05) is 93.3 Å². The molecule has 0 aliphatic carbocycles. The van der Waals surface area contributed by atoms with Gasteiger partial charge in [-0.25, -0.2) is 0 Å². The fraction of sp³-hybridized carbons (Fsp3) is 0.684. The Kier molecular flexibility index (Phi) is 10.9.